The van der Waals surface area contributed by atoms with E-state index in [2.05, 4.69) is 10.3 Å². The zero-order valence-corrected chi connectivity index (χ0v) is 19.9. The Hall–Kier alpha value is -1.80. The molecule has 0 bridgehead atoms. The van der Waals surface area contributed by atoms with Gasteiger partial charge in [0.25, 0.3) is 0 Å². The van der Waals surface area contributed by atoms with Crippen molar-refractivity contribution in [1.29, 1.82) is 0 Å². The van der Waals surface area contributed by atoms with Crippen LogP contribution in [0.25, 0.3) is 5.70 Å². The van der Waals surface area contributed by atoms with E-state index in [9.17, 15) is 41.7 Å². The lowest BCUT2D eigenvalue weighted by Gasteiger charge is -2.25. The van der Waals surface area contributed by atoms with Gasteiger partial charge in [-0.1, -0.05) is 31.9 Å². The molecule has 2 rings (SSSR count). The molecular formula is C19H19ClF6N3O4PS. The first-order valence-electron chi connectivity index (χ1n) is 9.42. The summed E-state index contributed by atoms with van der Waals surface area (Å²) in [5.41, 5.74) is 4.13. The number of pyridine rings is 1. The number of alkyl halides is 3. The van der Waals surface area contributed by atoms with Gasteiger partial charge in [-0.25, -0.2) is 18.2 Å². The van der Waals surface area contributed by atoms with E-state index in [4.69, 9.17) is 22.1 Å². The number of hydrogen-bond acceptors (Lipinski definition) is 8. The van der Waals surface area contributed by atoms with Crippen molar-refractivity contribution < 1.29 is 46.4 Å². The first-order chi connectivity index (χ1) is 16.3. The minimum atomic E-state index is -4.82. The topological polar surface area (TPSA) is 121 Å². The van der Waals surface area contributed by atoms with Crippen LogP contribution in [0.4, 0.5) is 26.3 Å². The molecule has 0 saturated carbocycles. The number of aliphatic hydroxyl groups excluding tert-OH is 2. The lowest BCUT2D eigenvalue weighted by Crippen LogP contribution is -2.34. The van der Waals surface area contributed by atoms with E-state index in [-0.39, 0.29) is 31.1 Å². The van der Waals surface area contributed by atoms with Crippen LogP contribution in [0, 0.1) is 17.5 Å². The molecule has 0 fully saturated rings. The summed E-state index contributed by atoms with van der Waals surface area (Å²) in [5, 5.41) is 29.3. The second-order valence-corrected chi connectivity index (χ2v) is 9.90. The van der Waals surface area contributed by atoms with Crippen LogP contribution >= 0.6 is 31.9 Å². The van der Waals surface area contributed by atoms with E-state index in [0.29, 0.717) is 23.9 Å². The molecule has 0 spiro atoms. The second kappa shape index (κ2) is 12.9. The highest BCUT2D eigenvalue weighted by molar-refractivity contribution is 8.04. The van der Waals surface area contributed by atoms with Gasteiger partial charge in [0.2, 0.25) is 0 Å². The molecule has 0 aliphatic carbocycles. The van der Waals surface area contributed by atoms with Gasteiger partial charge in [0.05, 0.1) is 17.3 Å². The highest BCUT2D eigenvalue weighted by atomic mass is 35.5. The fourth-order valence-electron chi connectivity index (χ4n) is 2.43. The van der Waals surface area contributed by atoms with Crippen molar-refractivity contribution in [3.05, 3.63) is 64.3 Å². The molecule has 6 N–H and O–H groups in total. The molecule has 1 heterocycles. The van der Waals surface area contributed by atoms with E-state index in [0.717, 1.165) is 18.5 Å². The molecule has 0 saturated heterocycles. The zero-order valence-electron chi connectivity index (χ0n) is 17.4. The van der Waals surface area contributed by atoms with E-state index in [1.165, 1.54) is 0 Å². The quantitative estimate of drug-likeness (QED) is 0.0702. The summed E-state index contributed by atoms with van der Waals surface area (Å²) in [6, 6.07) is 2.36. The number of hydrogen-bond donors (Lipinski definition) is 5. The second-order valence-electron chi connectivity index (χ2n) is 6.66. The Kier molecular flexibility index (Phi) is 10.9. The molecule has 1 aromatic carbocycles. The van der Waals surface area contributed by atoms with E-state index >= 15 is 0 Å². The van der Waals surface area contributed by atoms with E-state index in [1.807, 2.05) is 0 Å². The standard InChI is InChI=1S/C19H19ClF6N3O4PS/c20-9-3-14(16(29-4-9)19(24,25)26)35-18(33-13(6-30)17(31)32)34-7-28-5-12(27)8-1-10(21)15(23)11(22)2-8/h1-5,13,17-18,28,30-32,34H,6-7,27H2/b12-5-. The SMILES string of the molecule is N/C(=C\NCPC(OC(CO)C(O)O)Sc1cc(Cl)cnc1C(F)(F)F)c1cc(F)c(F)c(F)c1. The molecule has 3 atom stereocenters. The molecule has 0 aliphatic rings. The van der Waals surface area contributed by atoms with Crippen LogP contribution in [0.1, 0.15) is 11.3 Å². The number of nitrogens with two attached hydrogens (primary N) is 1. The van der Waals surface area contributed by atoms with Crippen LogP contribution in [-0.2, 0) is 10.9 Å². The predicted octanol–water partition coefficient (Wildman–Crippen LogP) is 3.42. The number of ether oxygens (including phenoxy) is 1. The molecule has 3 unspecified atom stereocenters. The van der Waals surface area contributed by atoms with Crippen molar-refractivity contribution >= 4 is 37.6 Å². The van der Waals surface area contributed by atoms with Crippen LogP contribution in [-0.4, -0.2) is 50.8 Å². The minimum Gasteiger partial charge on any atom is -0.397 e. The zero-order chi connectivity index (χ0) is 26.3. The molecule has 16 heteroatoms. The summed E-state index contributed by atoms with van der Waals surface area (Å²) in [6.45, 7) is -0.846. The van der Waals surface area contributed by atoms with Gasteiger partial charge in [-0.3, -0.25) is 0 Å². The molecule has 0 amide bonds. The van der Waals surface area contributed by atoms with Gasteiger partial charge in [0, 0.05) is 29.1 Å². The molecule has 7 nitrogen and oxygen atoms in total. The van der Waals surface area contributed by atoms with Gasteiger partial charge >= 0.3 is 6.18 Å². The summed E-state index contributed by atoms with van der Waals surface area (Å²) >= 11 is 6.31. The number of nitrogens with zero attached hydrogens (tertiary/aromatic N) is 1. The molecule has 194 valence electrons. The molecule has 0 radical (unpaired) electrons. The number of aromatic nitrogens is 1. The van der Waals surface area contributed by atoms with Crippen molar-refractivity contribution in [2.75, 3.05) is 12.9 Å². The van der Waals surface area contributed by atoms with Crippen LogP contribution < -0.4 is 11.1 Å². The van der Waals surface area contributed by atoms with Crippen molar-refractivity contribution in [3.63, 3.8) is 0 Å². The summed E-state index contributed by atoms with van der Waals surface area (Å²) < 4.78 is 85.2. The largest absolute Gasteiger partial charge is 0.434 e. The highest BCUT2D eigenvalue weighted by Crippen LogP contribution is 2.42. The fraction of sp³-hybridized carbons (Fsp3) is 0.316. The lowest BCUT2D eigenvalue weighted by molar-refractivity contribution is -0.154. The molecular weight excluding hydrogens is 547 g/mol. The van der Waals surface area contributed by atoms with Gasteiger partial charge in [0.1, 0.15) is 11.3 Å². The number of rotatable bonds is 11. The number of aliphatic hydroxyl groups is 3. The molecule has 35 heavy (non-hydrogen) atoms. The molecule has 2 aromatic rings. The predicted molar refractivity (Wildman–Crippen MR) is 119 cm³/mol. The van der Waals surface area contributed by atoms with Gasteiger partial charge < -0.3 is 31.1 Å². The lowest BCUT2D eigenvalue weighted by atomic mass is 10.1. The van der Waals surface area contributed by atoms with Crippen LogP contribution in [0.15, 0.2) is 35.5 Å². The molecule has 0 aliphatic heterocycles. The maximum absolute atomic E-state index is 13.4. The Morgan fingerprint density at radius 2 is 1.86 bits per heavy atom. The Balaban J connectivity index is 2.17. The maximum atomic E-state index is 13.4. The third kappa shape index (κ3) is 8.67. The Morgan fingerprint density at radius 3 is 2.40 bits per heavy atom. The van der Waals surface area contributed by atoms with E-state index < -0.39 is 58.4 Å². The van der Waals surface area contributed by atoms with Crippen molar-refractivity contribution in [3.8, 4) is 0 Å². The average molecular weight is 566 g/mol. The minimum absolute atomic E-state index is 0.0143. The number of thioether (sulfide) groups is 1. The number of halogens is 7. The number of nitrogens with one attached hydrogen (secondary N) is 1. The first-order valence-corrected chi connectivity index (χ1v) is 12.0. The van der Waals surface area contributed by atoms with Gasteiger partial charge in [-0.05, 0) is 18.2 Å². The summed E-state index contributed by atoms with van der Waals surface area (Å²) in [4.78, 5) is 2.90. The monoisotopic (exact) mass is 565 g/mol. The summed E-state index contributed by atoms with van der Waals surface area (Å²) in [5.74, 6) is -4.56. The molecule has 1 aromatic heterocycles. The van der Waals surface area contributed by atoms with Crippen LogP contribution in [0.5, 0.6) is 0 Å². The van der Waals surface area contributed by atoms with Gasteiger partial charge in [-0.2, -0.15) is 13.2 Å². The Bertz CT molecular complexity index is 1030. The maximum Gasteiger partial charge on any atom is 0.434 e. The fourth-order valence-corrected chi connectivity index (χ4v) is 5.18. The number of benzene rings is 1. The van der Waals surface area contributed by atoms with Gasteiger partial charge in [-0.15, -0.1) is 0 Å². The van der Waals surface area contributed by atoms with Crippen molar-refractivity contribution in [1.82, 2.24) is 10.3 Å². The first kappa shape index (κ1) is 29.4. The Morgan fingerprint density at radius 1 is 1.23 bits per heavy atom. The average Bonchev–Trinajstić information content (AvgIpc) is 2.76. The normalized spacial score (nSPS) is 14.7. The highest BCUT2D eigenvalue weighted by Gasteiger charge is 2.36. The Labute approximate surface area is 206 Å². The summed E-state index contributed by atoms with van der Waals surface area (Å²) in [6.07, 6.45) is -6.54. The van der Waals surface area contributed by atoms with Crippen LogP contribution in [0.3, 0.4) is 0 Å². The van der Waals surface area contributed by atoms with Crippen molar-refractivity contribution in [2.45, 2.75) is 28.6 Å². The third-order valence-electron chi connectivity index (χ3n) is 4.08. The van der Waals surface area contributed by atoms with Gasteiger partial charge in [0.15, 0.2) is 29.4 Å². The van der Waals surface area contributed by atoms with E-state index in [1.54, 1.807) is 0 Å². The summed E-state index contributed by atoms with van der Waals surface area (Å²) in [7, 11) is -0.386. The third-order valence-corrected chi connectivity index (χ3v) is 6.91. The smallest absolute Gasteiger partial charge is 0.397 e. The van der Waals surface area contributed by atoms with Crippen molar-refractivity contribution in [2.24, 2.45) is 5.73 Å². The van der Waals surface area contributed by atoms with Crippen LogP contribution in [0.2, 0.25) is 5.02 Å².